The Bertz CT molecular complexity index is 1230. The molecule has 0 spiro atoms. The Morgan fingerprint density at radius 1 is 1.18 bits per heavy atom. The van der Waals surface area contributed by atoms with E-state index in [0.717, 1.165) is 42.6 Å². The first-order valence-electron chi connectivity index (χ1n) is 11.5. The zero-order chi connectivity index (χ0) is 24.1. The van der Waals surface area contributed by atoms with Gasteiger partial charge >= 0.3 is 6.36 Å². The summed E-state index contributed by atoms with van der Waals surface area (Å²) in [5.41, 5.74) is 5.74. The third-order valence-electron chi connectivity index (χ3n) is 7.36. The van der Waals surface area contributed by atoms with Crippen LogP contribution >= 0.6 is 0 Å². The SMILES string of the molecule is Cc1ccc(-n2ncc3c2C=C2CCCC([C@@H](O)c4cccc(OC(F)(F)F)c4)[C@@]2(C)C3)cc1. The van der Waals surface area contributed by atoms with Gasteiger partial charge in [-0.2, -0.15) is 5.10 Å². The lowest BCUT2D eigenvalue weighted by atomic mass is 9.57. The molecule has 5 rings (SSSR count). The summed E-state index contributed by atoms with van der Waals surface area (Å²) >= 11 is 0. The Morgan fingerprint density at radius 3 is 2.68 bits per heavy atom. The largest absolute Gasteiger partial charge is 0.573 e. The number of nitrogens with zero attached hydrogens (tertiary/aromatic N) is 2. The third-order valence-corrected chi connectivity index (χ3v) is 7.36. The maximum Gasteiger partial charge on any atom is 0.573 e. The van der Waals surface area contributed by atoms with Crippen molar-refractivity contribution in [2.45, 2.75) is 52.0 Å². The predicted molar refractivity (Wildman–Crippen MR) is 124 cm³/mol. The van der Waals surface area contributed by atoms with Crippen LogP contribution in [0, 0.1) is 18.3 Å². The Hall–Kier alpha value is -3.06. The Kier molecular flexibility index (Phi) is 5.55. The maximum atomic E-state index is 12.7. The number of hydrogen-bond acceptors (Lipinski definition) is 3. The summed E-state index contributed by atoms with van der Waals surface area (Å²) in [6.45, 7) is 4.21. The van der Waals surface area contributed by atoms with Gasteiger partial charge < -0.3 is 9.84 Å². The van der Waals surface area contributed by atoms with Crippen LogP contribution in [0.3, 0.4) is 0 Å². The van der Waals surface area contributed by atoms with E-state index in [0.29, 0.717) is 5.56 Å². The summed E-state index contributed by atoms with van der Waals surface area (Å²) in [5, 5.41) is 16.0. The summed E-state index contributed by atoms with van der Waals surface area (Å²) in [7, 11) is 0. The molecule has 4 nitrogen and oxygen atoms in total. The molecule has 178 valence electrons. The fourth-order valence-electron chi connectivity index (χ4n) is 5.60. The van der Waals surface area contributed by atoms with Gasteiger partial charge in [-0.1, -0.05) is 42.3 Å². The molecule has 0 amide bonds. The lowest BCUT2D eigenvalue weighted by molar-refractivity contribution is -0.274. The first-order valence-corrected chi connectivity index (χ1v) is 11.5. The Morgan fingerprint density at radius 2 is 1.94 bits per heavy atom. The van der Waals surface area contributed by atoms with Crippen molar-refractivity contribution in [1.82, 2.24) is 9.78 Å². The van der Waals surface area contributed by atoms with Crippen LogP contribution in [0.1, 0.15) is 54.7 Å². The number of benzene rings is 2. The molecule has 1 aromatic heterocycles. The first-order chi connectivity index (χ1) is 16.1. The highest BCUT2D eigenvalue weighted by atomic mass is 19.4. The number of aryl methyl sites for hydroxylation is 1. The van der Waals surface area contributed by atoms with E-state index in [2.05, 4.69) is 47.1 Å². The van der Waals surface area contributed by atoms with E-state index in [1.807, 2.05) is 17.8 Å². The van der Waals surface area contributed by atoms with Crippen molar-refractivity contribution in [3.8, 4) is 11.4 Å². The second-order valence-corrected chi connectivity index (χ2v) is 9.63. The fraction of sp³-hybridized carbons (Fsp3) is 0.370. The number of rotatable bonds is 4. The normalized spacial score (nSPS) is 23.0. The van der Waals surface area contributed by atoms with Crippen LogP contribution in [0.4, 0.5) is 13.2 Å². The molecular formula is C27H27F3N2O2. The Balaban J connectivity index is 1.46. The highest BCUT2D eigenvalue weighted by Crippen LogP contribution is 2.55. The lowest BCUT2D eigenvalue weighted by Gasteiger charge is -2.47. The second kappa shape index (κ2) is 8.31. The van der Waals surface area contributed by atoms with Gasteiger partial charge in [-0.05, 0) is 85.4 Å². The van der Waals surface area contributed by atoms with E-state index in [9.17, 15) is 18.3 Å². The standard InChI is InChI=1S/C27H27F3N2O2/c1-17-9-11-21(12-10-17)32-24-14-20-6-4-8-23(26(20,2)15-19(24)16-31-32)25(33)18-5-3-7-22(13-18)34-27(28,29)30/h3,5,7,9-14,16,23,25,33H,4,6,8,15H2,1-2H3/t23?,25-,26-/m0/s1. The molecule has 1 saturated carbocycles. The fourth-order valence-corrected chi connectivity index (χ4v) is 5.60. The number of halogens is 3. The molecule has 7 heteroatoms. The van der Waals surface area contributed by atoms with Crippen molar-refractivity contribution in [2.75, 3.05) is 0 Å². The maximum absolute atomic E-state index is 12.7. The van der Waals surface area contributed by atoms with E-state index < -0.39 is 12.5 Å². The van der Waals surface area contributed by atoms with Gasteiger partial charge in [0, 0.05) is 0 Å². The summed E-state index contributed by atoms with van der Waals surface area (Å²) in [6.07, 6.45) is 1.77. The number of alkyl halides is 3. The predicted octanol–water partition coefficient (Wildman–Crippen LogP) is 6.56. The van der Waals surface area contributed by atoms with Gasteiger partial charge in [0.1, 0.15) is 5.75 Å². The summed E-state index contributed by atoms with van der Waals surface area (Å²) in [5.74, 6) is -0.449. The third kappa shape index (κ3) is 4.13. The number of aliphatic hydroxyl groups is 1. The molecule has 2 aliphatic carbocycles. The molecule has 1 N–H and O–H groups in total. The number of allylic oxidation sites excluding steroid dienone is 1. The van der Waals surface area contributed by atoms with E-state index in [1.165, 1.54) is 29.3 Å². The van der Waals surface area contributed by atoms with E-state index >= 15 is 0 Å². The van der Waals surface area contributed by atoms with Crippen LogP contribution < -0.4 is 4.74 Å². The zero-order valence-corrected chi connectivity index (χ0v) is 19.1. The van der Waals surface area contributed by atoms with Gasteiger partial charge in [0.2, 0.25) is 0 Å². The average molecular weight is 469 g/mol. The molecule has 0 aliphatic heterocycles. The molecule has 1 heterocycles. The minimum atomic E-state index is -4.77. The van der Waals surface area contributed by atoms with Crippen molar-refractivity contribution < 1.29 is 23.0 Å². The number of aromatic nitrogens is 2. The van der Waals surface area contributed by atoms with Crippen LogP contribution in [0.15, 0.2) is 60.3 Å². The molecular weight excluding hydrogens is 441 g/mol. The number of aliphatic hydroxyl groups excluding tert-OH is 1. The van der Waals surface area contributed by atoms with Gasteiger partial charge in [0.15, 0.2) is 0 Å². The molecule has 1 unspecified atom stereocenters. The monoisotopic (exact) mass is 468 g/mol. The number of fused-ring (bicyclic) bond motifs is 2. The van der Waals surface area contributed by atoms with Gasteiger partial charge in [-0.15, -0.1) is 13.2 Å². The average Bonchev–Trinajstić information content (AvgIpc) is 3.18. The smallest absolute Gasteiger partial charge is 0.406 e. The van der Waals surface area contributed by atoms with Crippen molar-refractivity contribution in [2.24, 2.45) is 11.3 Å². The summed E-state index contributed by atoms with van der Waals surface area (Å²) in [6, 6.07) is 13.9. The topological polar surface area (TPSA) is 47.3 Å². The van der Waals surface area contributed by atoms with Crippen LogP contribution in [-0.4, -0.2) is 21.2 Å². The van der Waals surface area contributed by atoms with Crippen molar-refractivity contribution in [3.05, 3.63) is 82.7 Å². The molecule has 0 saturated heterocycles. The zero-order valence-electron chi connectivity index (χ0n) is 19.1. The van der Waals surface area contributed by atoms with Gasteiger partial charge in [0.05, 0.1) is 23.7 Å². The van der Waals surface area contributed by atoms with E-state index in [4.69, 9.17) is 0 Å². The highest BCUT2D eigenvalue weighted by Gasteiger charge is 2.46. The minimum absolute atomic E-state index is 0.135. The van der Waals surface area contributed by atoms with Gasteiger partial charge in [0.25, 0.3) is 0 Å². The van der Waals surface area contributed by atoms with Crippen molar-refractivity contribution in [3.63, 3.8) is 0 Å². The molecule has 2 aromatic carbocycles. The van der Waals surface area contributed by atoms with Gasteiger partial charge in [-0.25, -0.2) is 4.68 Å². The van der Waals surface area contributed by atoms with E-state index in [1.54, 1.807) is 6.07 Å². The molecule has 1 fully saturated rings. The lowest BCUT2D eigenvalue weighted by Crippen LogP contribution is -2.40. The van der Waals surface area contributed by atoms with E-state index in [-0.39, 0.29) is 17.1 Å². The second-order valence-electron chi connectivity index (χ2n) is 9.63. The highest BCUT2D eigenvalue weighted by molar-refractivity contribution is 5.61. The molecule has 2 aliphatic rings. The van der Waals surface area contributed by atoms with Crippen LogP contribution in [0.2, 0.25) is 0 Å². The molecule has 3 atom stereocenters. The van der Waals surface area contributed by atoms with Crippen LogP contribution in [0.5, 0.6) is 5.75 Å². The number of ether oxygens (including phenoxy) is 1. The van der Waals surface area contributed by atoms with Crippen molar-refractivity contribution >= 4 is 6.08 Å². The number of hydrogen-bond donors (Lipinski definition) is 1. The van der Waals surface area contributed by atoms with Gasteiger partial charge in [-0.3, -0.25) is 0 Å². The van der Waals surface area contributed by atoms with Crippen LogP contribution in [-0.2, 0) is 6.42 Å². The van der Waals surface area contributed by atoms with Crippen molar-refractivity contribution in [1.29, 1.82) is 0 Å². The molecule has 34 heavy (non-hydrogen) atoms. The summed E-state index contributed by atoms with van der Waals surface area (Å²) < 4.78 is 44.1. The molecule has 0 bridgehead atoms. The molecule has 0 radical (unpaired) electrons. The van der Waals surface area contributed by atoms with Crippen LogP contribution in [0.25, 0.3) is 11.8 Å². The quantitative estimate of drug-likeness (QED) is 0.472. The first kappa shape index (κ1) is 22.7. The summed E-state index contributed by atoms with van der Waals surface area (Å²) in [4.78, 5) is 0. The minimum Gasteiger partial charge on any atom is -0.406 e. The Labute approximate surface area is 196 Å². The molecule has 3 aromatic rings.